The predicted molar refractivity (Wildman–Crippen MR) is 99.7 cm³/mol. The molecule has 8 nitrogen and oxygen atoms in total. The first kappa shape index (κ1) is 16.6. The molecular formula is C19H15N5O3. The molecule has 0 bridgehead atoms. The molecule has 4 rings (SSSR count). The number of hydrogen-bond acceptors (Lipinski definition) is 7. The van der Waals surface area contributed by atoms with Crippen molar-refractivity contribution in [2.24, 2.45) is 0 Å². The maximum atomic E-state index is 11.9. The van der Waals surface area contributed by atoms with Gasteiger partial charge in [0.2, 0.25) is 5.52 Å². The monoisotopic (exact) mass is 361 g/mol. The van der Waals surface area contributed by atoms with Gasteiger partial charge >= 0.3 is 5.69 Å². The van der Waals surface area contributed by atoms with Gasteiger partial charge in [-0.1, -0.05) is 24.3 Å². The Morgan fingerprint density at radius 1 is 1.07 bits per heavy atom. The maximum absolute atomic E-state index is 11.9. The highest BCUT2D eigenvalue weighted by Gasteiger charge is 2.30. The van der Waals surface area contributed by atoms with Crippen LogP contribution >= 0.6 is 0 Å². The van der Waals surface area contributed by atoms with Crippen LogP contribution in [0.2, 0.25) is 0 Å². The van der Waals surface area contributed by atoms with Crippen molar-refractivity contribution in [3.63, 3.8) is 0 Å². The second-order valence-electron chi connectivity index (χ2n) is 5.99. The van der Waals surface area contributed by atoms with Crippen LogP contribution in [0.5, 0.6) is 0 Å². The number of nitrogens with zero attached hydrogens (tertiary/aromatic N) is 5. The zero-order valence-corrected chi connectivity index (χ0v) is 14.4. The fraction of sp³-hybridized carbons (Fsp3) is 0.105. The molecular weight excluding hydrogens is 346 g/mol. The Bertz CT molecular complexity index is 1080. The van der Waals surface area contributed by atoms with Gasteiger partial charge < -0.3 is 4.90 Å². The third-order valence-electron chi connectivity index (χ3n) is 4.41. The second-order valence-corrected chi connectivity index (χ2v) is 5.99. The number of anilines is 2. The molecule has 0 aliphatic rings. The first-order chi connectivity index (χ1) is 13.2. The van der Waals surface area contributed by atoms with Gasteiger partial charge in [-0.05, 0) is 53.1 Å². The lowest BCUT2D eigenvalue weighted by molar-refractivity contribution is -0.382. The van der Waals surface area contributed by atoms with Crippen LogP contribution in [-0.2, 0) is 0 Å². The summed E-state index contributed by atoms with van der Waals surface area (Å²) >= 11 is 0. The van der Waals surface area contributed by atoms with E-state index in [0.29, 0.717) is 11.2 Å². The van der Waals surface area contributed by atoms with Crippen LogP contribution in [0.15, 0.2) is 71.6 Å². The molecule has 27 heavy (non-hydrogen) atoms. The van der Waals surface area contributed by atoms with E-state index in [-0.39, 0.29) is 17.2 Å². The van der Waals surface area contributed by atoms with Gasteiger partial charge in [0.25, 0.3) is 0 Å². The molecule has 2 aromatic heterocycles. The SMILES string of the molecule is CC(c1cccnc1)N(c1ccccc1)c1ccc2nonc2c1[N+](=O)[O-]. The van der Waals surface area contributed by atoms with E-state index >= 15 is 0 Å². The van der Waals surface area contributed by atoms with Gasteiger partial charge in [0.1, 0.15) is 11.2 Å². The quantitative estimate of drug-likeness (QED) is 0.383. The van der Waals surface area contributed by atoms with Crippen molar-refractivity contribution in [2.75, 3.05) is 4.90 Å². The highest BCUT2D eigenvalue weighted by molar-refractivity contribution is 5.92. The van der Waals surface area contributed by atoms with Gasteiger partial charge in [-0.25, -0.2) is 4.63 Å². The minimum absolute atomic E-state index is 0.122. The first-order valence-electron chi connectivity index (χ1n) is 8.30. The molecule has 2 aromatic carbocycles. The topological polar surface area (TPSA) is 98.2 Å². The van der Waals surface area contributed by atoms with Crippen LogP contribution in [0, 0.1) is 10.1 Å². The number of rotatable bonds is 5. The first-order valence-corrected chi connectivity index (χ1v) is 8.30. The standard InChI is InChI=1S/C19H15N5O3/c1-13(14-6-5-11-20-12-14)23(15-7-3-2-4-8-15)17-10-9-16-18(22-27-21-16)19(17)24(25)26/h2-13H,1H3. The lowest BCUT2D eigenvalue weighted by atomic mass is 10.1. The van der Waals surface area contributed by atoms with Crippen LogP contribution in [0.4, 0.5) is 17.1 Å². The molecule has 8 heteroatoms. The average molecular weight is 361 g/mol. The van der Waals surface area contributed by atoms with Crippen molar-refractivity contribution in [3.8, 4) is 0 Å². The largest absolute Gasteiger partial charge is 0.328 e. The molecule has 2 heterocycles. The van der Waals surface area contributed by atoms with Crippen LogP contribution < -0.4 is 4.90 Å². The number of aromatic nitrogens is 3. The van der Waals surface area contributed by atoms with Gasteiger partial charge in [0.05, 0.1) is 11.0 Å². The molecule has 0 saturated carbocycles. The molecule has 0 N–H and O–H groups in total. The highest BCUT2D eigenvalue weighted by atomic mass is 16.6. The fourth-order valence-corrected chi connectivity index (χ4v) is 3.13. The van der Waals surface area contributed by atoms with E-state index in [1.807, 2.05) is 54.3 Å². The summed E-state index contributed by atoms with van der Waals surface area (Å²) in [6.45, 7) is 1.97. The Balaban J connectivity index is 1.96. The summed E-state index contributed by atoms with van der Waals surface area (Å²) in [4.78, 5) is 17.5. The van der Waals surface area contributed by atoms with Crippen molar-refractivity contribution in [3.05, 3.63) is 82.7 Å². The summed E-state index contributed by atoms with van der Waals surface area (Å²) < 4.78 is 4.71. The van der Waals surface area contributed by atoms with E-state index in [4.69, 9.17) is 4.63 Å². The zero-order chi connectivity index (χ0) is 18.8. The highest BCUT2D eigenvalue weighted by Crippen LogP contribution is 2.42. The van der Waals surface area contributed by atoms with Crippen LogP contribution in [0.25, 0.3) is 11.0 Å². The summed E-state index contributed by atoms with van der Waals surface area (Å²) in [6, 6.07) is 16.4. The average Bonchev–Trinajstić information content (AvgIpc) is 3.18. The van der Waals surface area contributed by atoms with Crippen molar-refractivity contribution >= 4 is 28.1 Å². The molecule has 1 unspecified atom stereocenters. The number of nitro groups is 1. The minimum atomic E-state index is -0.451. The molecule has 1 atom stereocenters. The van der Waals surface area contributed by atoms with Gasteiger partial charge in [-0.15, -0.1) is 0 Å². The van der Waals surface area contributed by atoms with E-state index in [1.165, 1.54) is 0 Å². The molecule has 0 saturated heterocycles. The smallest absolute Gasteiger partial charge is 0.324 e. The van der Waals surface area contributed by atoms with Gasteiger partial charge in [-0.2, -0.15) is 0 Å². The van der Waals surface area contributed by atoms with Crippen molar-refractivity contribution in [2.45, 2.75) is 13.0 Å². The second kappa shape index (κ2) is 6.83. The van der Waals surface area contributed by atoms with Gasteiger partial charge in [0, 0.05) is 18.1 Å². The lowest BCUT2D eigenvalue weighted by Gasteiger charge is -2.31. The number of para-hydroxylation sites is 1. The van der Waals surface area contributed by atoms with Crippen LogP contribution in [-0.4, -0.2) is 20.2 Å². The summed E-state index contributed by atoms with van der Waals surface area (Å²) in [6.07, 6.45) is 3.45. The van der Waals surface area contributed by atoms with E-state index in [9.17, 15) is 10.1 Å². The fourth-order valence-electron chi connectivity index (χ4n) is 3.13. The molecule has 0 aliphatic heterocycles. The van der Waals surface area contributed by atoms with Crippen molar-refractivity contribution < 1.29 is 9.55 Å². The van der Waals surface area contributed by atoms with Gasteiger partial charge in [0.15, 0.2) is 0 Å². The Kier molecular flexibility index (Phi) is 4.21. The number of pyridine rings is 1. The van der Waals surface area contributed by atoms with E-state index in [2.05, 4.69) is 15.3 Å². The number of fused-ring (bicyclic) bond motifs is 1. The molecule has 134 valence electrons. The van der Waals surface area contributed by atoms with Crippen LogP contribution in [0.1, 0.15) is 18.5 Å². The Morgan fingerprint density at radius 2 is 1.89 bits per heavy atom. The minimum Gasteiger partial charge on any atom is -0.328 e. The zero-order valence-electron chi connectivity index (χ0n) is 14.4. The molecule has 0 aliphatic carbocycles. The summed E-state index contributed by atoms with van der Waals surface area (Å²) in [5.41, 5.74) is 2.46. The predicted octanol–water partition coefficient (Wildman–Crippen LogP) is 4.43. The summed E-state index contributed by atoms with van der Waals surface area (Å²) in [5, 5.41) is 19.3. The van der Waals surface area contributed by atoms with Crippen molar-refractivity contribution in [1.29, 1.82) is 0 Å². The Labute approximate surface area is 154 Å². The normalized spacial score (nSPS) is 12.0. The Morgan fingerprint density at radius 3 is 2.59 bits per heavy atom. The van der Waals surface area contributed by atoms with Crippen molar-refractivity contribution in [1.82, 2.24) is 15.3 Å². The third kappa shape index (κ3) is 2.97. The van der Waals surface area contributed by atoms with Crippen LogP contribution in [0.3, 0.4) is 0 Å². The maximum Gasteiger partial charge on any atom is 0.324 e. The van der Waals surface area contributed by atoms with Gasteiger partial charge in [-0.3, -0.25) is 15.1 Å². The number of nitro benzene ring substituents is 1. The van der Waals surface area contributed by atoms with E-state index in [0.717, 1.165) is 11.3 Å². The lowest BCUT2D eigenvalue weighted by Crippen LogP contribution is -2.22. The van der Waals surface area contributed by atoms with E-state index < -0.39 is 4.92 Å². The molecule has 4 aromatic rings. The summed E-state index contributed by atoms with van der Waals surface area (Å²) in [5.74, 6) is 0. The molecule has 0 radical (unpaired) electrons. The van der Waals surface area contributed by atoms with E-state index in [1.54, 1.807) is 24.5 Å². The molecule has 0 spiro atoms. The number of benzene rings is 2. The molecule has 0 fully saturated rings. The summed E-state index contributed by atoms with van der Waals surface area (Å²) in [7, 11) is 0. The Hall–Kier alpha value is -3.81. The number of hydrogen-bond donors (Lipinski definition) is 0. The molecule has 0 amide bonds. The third-order valence-corrected chi connectivity index (χ3v) is 4.41.